The Morgan fingerprint density at radius 3 is 2.89 bits per heavy atom. The fraction of sp³-hybridized carbons (Fsp3) is 0.667. The van der Waals surface area contributed by atoms with E-state index in [9.17, 15) is 0 Å². The van der Waals surface area contributed by atoms with Crippen LogP contribution < -0.4 is 11.1 Å². The summed E-state index contributed by atoms with van der Waals surface area (Å²) < 4.78 is 0. The maximum Gasteiger partial charge on any atom is 0.127 e. The Morgan fingerprint density at radius 2 is 2.17 bits per heavy atom. The Bertz CT molecular complexity index is 369. The van der Waals surface area contributed by atoms with Gasteiger partial charge in [-0.3, -0.25) is 0 Å². The highest BCUT2D eigenvalue weighted by Gasteiger charge is 2.23. The monoisotopic (exact) mass is 247 g/mol. The third-order valence-electron chi connectivity index (χ3n) is 4.06. The first kappa shape index (κ1) is 13.3. The van der Waals surface area contributed by atoms with E-state index >= 15 is 0 Å². The van der Waals surface area contributed by atoms with E-state index in [4.69, 9.17) is 5.73 Å². The van der Waals surface area contributed by atoms with Crippen LogP contribution in [-0.2, 0) is 0 Å². The Labute approximate surface area is 110 Å². The van der Waals surface area contributed by atoms with Gasteiger partial charge in [-0.15, -0.1) is 0 Å². The molecule has 0 spiro atoms. The first-order chi connectivity index (χ1) is 8.72. The van der Waals surface area contributed by atoms with Gasteiger partial charge in [-0.25, -0.2) is 4.98 Å². The Kier molecular flexibility index (Phi) is 4.59. The van der Waals surface area contributed by atoms with Crippen molar-refractivity contribution in [1.29, 1.82) is 0 Å². The summed E-state index contributed by atoms with van der Waals surface area (Å²) in [5.74, 6) is 1.31. The molecule has 2 atom stereocenters. The van der Waals surface area contributed by atoms with E-state index in [2.05, 4.69) is 30.2 Å². The van der Waals surface area contributed by atoms with E-state index in [1.54, 1.807) is 0 Å². The molecule has 18 heavy (non-hydrogen) atoms. The molecule has 1 fully saturated rings. The molecule has 3 N–H and O–H groups in total. The van der Waals surface area contributed by atoms with Crippen LogP contribution >= 0.6 is 0 Å². The molecule has 0 aliphatic heterocycles. The minimum atomic E-state index is 0.574. The number of nitrogens with one attached hydrogen (secondary N) is 1. The number of aromatic nitrogens is 1. The second-order valence-corrected chi connectivity index (χ2v) is 5.40. The summed E-state index contributed by atoms with van der Waals surface area (Å²) in [4.78, 5) is 4.27. The lowest BCUT2D eigenvalue weighted by molar-refractivity contribution is 0.449. The summed E-state index contributed by atoms with van der Waals surface area (Å²) in [6.45, 7) is 5.39. The van der Waals surface area contributed by atoms with Crippen molar-refractivity contribution in [3.05, 3.63) is 23.4 Å². The number of nitrogens with zero attached hydrogens (tertiary/aromatic N) is 1. The molecular weight excluding hydrogens is 222 g/mol. The molecule has 0 radical (unpaired) electrons. The van der Waals surface area contributed by atoms with Gasteiger partial charge in [-0.2, -0.15) is 0 Å². The molecule has 1 aromatic heterocycles. The zero-order chi connectivity index (χ0) is 13.0. The predicted octanol–water partition coefficient (Wildman–Crippen LogP) is 3.00. The molecule has 1 saturated carbocycles. The topological polar surface area (TPSA) is 50.9 Å². The standard InChI is InChI=1S/C15H25N3/c1-3-17-13-7-5-4-6-12(10-13)14-11(2)8-9-18-15(14)16/h8-9,12-13,17H,3-7,10H2,1-2H3,(H2,16,18). The largest absolute Gasteiger partial charge is 0.383 e. The number of rotatable bonds is 3. The predicted molar refractivity (Wildman–Crippen MR) is 76.7 cm³/mol. The van der Waals surface area contributed by atoms with E-state index in [0.717, 1.165) is 12.4 Å². The lowest BCUT2D eigenvalue weighted by atomic mass is 9.88. The first-order valence-electron chi connectivity index (χ1n) is 7.16. The quantitative estimate of drug-likeness (QED) is 0.807. The van der Waals surface area contributed by atoms with Crippen LogP contribution in [0.4, 0.5) is 5.82 Å². The van der Waals surface area contributed by atoms with E-state index < -0.39 is 0 Å². The van der Waals surface area contributed by atoms with Gasteiger partial charge in [0.15, 0.2) is 0 Å². The third kappa shape index (κ3) is 3.02. The molecule has 0 aromatic carbocycles. The maximum absolute atomic E-state index is 6.09. The van der Waals surface area contributed by atoms with Gasteiger partial charge in [0.1, 0.15) is 5.82 Å². The van der Waals surface area contributed by atoms with E-state index in [0.29, 0.717) is 12.0 Å². The van der Waals surface area contributed by atoms with Crippen LogP contribution in [0.2, 0.25) is 0 Å². The third-order valence-corrected chi connectivity index (χ3v) is 4.06. The minimum Gasteiger partial charge on any atom is -0.383 e. The molecule has 2 unspecified atom stereocenters. The fourth-order valence-corrected chi connectivity index (χ4v) is 3.22. The van der Waals surface area contributed by atoms with E-state index in [1.807, 2.05) is 6.20 Å². The van der Waals surface area contributed by atoms with Gasteiger partial charge >= 0.3 is 0 Å². The summed E-state index contributed by atoms with van der Waals surface area (Å²) in [7, 11) is 0. The first-order valence-corrected chi connectivity index (χ1v) is 7.16. The lowest BCUT2D eigenvalue weighted by Gasteiger charge is -2.23. The van der Waals surface area contributed by atoms with Crippen molar-refractivity contribution in [3.63, 3.8) is 0 Å². The van der Waals surface area contributed by atoms with Gasteiger partial charge in [0.2, 0.25) is 0 Å². The Balaban J connectivity index is 2.20. The molecular formula is C15H25N3. The average molecular weight is 247 g/mol. The molecule has 0 bridgehead atoms. The molecule has 3 heteroatoms. The number of hydrogen-bond donors (Lipinski definition) is 2. The zero-order valence-electron chi connectivity index (χ0n) is 11.6. The van der Waals surface area contributed by atoms with Crippen LogP contribution in [0.15, 0.2) is 12.3 Å². The number of anilines is 1. The second kappa shape index (κ2) is 6.19. The summed E-state index contributed by atoms with van der Waals surface area (Å²) in [5, 5.41) is 3.60. The number of aryl methyl sites for hydroxylation is 1. The normalized spacial score (nSPS) is 24.8. The second-order valence-electron chi connectivity index (χ2n) is 5.40. The van der Waals surface area contributed by atoms with Crippen molar-refractivity contribution in [1.82, 2.24) is 10.3 Å². The highest BCUT2D eigenvalue weighted by atomic mass is 14.9. The van der Waals surface area contributed by atoms with Crippen LogP contribution in [0, 0.1) is 6.92 Å². The van der Waals surface area contributed by atoms with Gasteiger partial charge in [0.25, 0.3) is 0 Å². The summed E-state index contributed by atoms with van der Waals surface area (Å²) in [5.41, 5.74) is 8.68. The number of pyridine rings is 1. The lowest BCUT2D eigenvalue weighted by Crippen LogP contribution is -2.29. The van der Waals surface area contributed by atoms with Crippen LogP contribution in [-0.4, -0.2) is 17.6 Å². The van der Waals surface area contributed by atoms with Crippen molar-refractivity contribution in [2.24, 2.45) is 0 Å². The van der Waals surface area contributed by atoms with Crippen molar-refractivity contribution >= 4 is 5.82 Å². The van der Waals surface area contributed by atoms with Crippen molar-refractivity contribution in [2.45, 2.75) is 57.9 Å². The van der Waals surface area contributed by atoms with Crippen LogP contribution in [0.25, 0.3) is 0 Å². The maximum atomic E-state index is 6.09. The summed E-state index contributed by atoms with van der Waals surface area (Å²) in [6.07, 6.45) is 8.19. The van der Waals surface area contributed by atoms with Gasteiger partial charge in [-0.05, 0) is 50.3 Å². The number of nitrogens with two attached hydrogens (primary N) is 1. The zero-order valence-corrected chi connectivity index (χ0v) is 11.6. The molecule has 1 aromatic rings. The SMILES string of the molecule is CCNC1CCCCC(c2c(C)ccnc2N)C1. The average Bonchev–Trinajstić information content (AvgIpc) is 2.55. The van der Waals surface area contributed by atoms with Crippen LogP contribution in [0.3, 0.4) is 0 Å². The number of hydrogen-bond acceptors (Lipinski definition) is 3. The van der Waals surface area contributed by atoms with Crippen LogP contribution in [0.1, 0.15) is 56.1 Å². The molecule has 3 nitrogen and oxygen atoms in total. The van der Waals surface area contributed by atoms with Gasteiger partial charge < -0.3 is 11.1 Å². The molecule has 100 valence electrons. The molecule has 1 aliphatic carbocycles. The molecule has 1 heterocycles. The van der Waals surface area contributed by atoms with Crippen LogP contribution in [0.5, 0.6) is 0 Å². The summed E-state index contributed by atoms with van der Waals surface area (Å²) >= 11 is 0. The van der Waals surface area contributed by atoms with Gasteiger partial charge in [0.05, 0.1) is 0 Å². The van der Waals surface area contributed by atoms with Gasteiger partial charge in [0, 0.05) is 17.8 Å². The molecule has 1 aliphatic rings. The summed E-state index contributed by atoms with van der Waals surface area (Å²) in [6, 6.07) is 2.72. The van der Waals surface area contributed by atoms with Crippen molar-refractivity contribution in [2.75, 3.05) is 12.3 Å². The molecule has 2 rings (SSSR count). The Morgan fingerprint density at radius 1 is 1.39 bits per heavy atom. The fourth-order valence-electron chi connectivity index (χ4n) is 3.22. The van der Waals surface area contributed by atoms with Crippen molar-refractivity contribution < 1.29 is 0 Å². The van der Waals surface area contributed by atoms with E-state index in [1.165, 1.54) is 43.2 Å². The molecule has 0 saturated heterocycles. The minimum absolute atomic E-state index is 0.574. The smallest absolute Gasteiger partial charge is 0.127 e. The highest BCUT2D eigenvalue weighted by Crippen LogP contribution is 2.35. The van der Waals surface area contributed by atoms with Crippen molar-refractivity contribution in [3.8, 4) is 0 Å². The highest BCUT2D eigenvalue weighted by molar-refractivity contribution is 5.46. The number of nitrogen functional groups attached to an aromatic ring is 1. The van der Waals surface area contributed by atoms with Gasteiger partial charge in [-0.1, -0.05) is 19.8 Å². The van der Waals surface area contributed by atoms with E-state index in [-0.39, 0.29) is 0 Å². The Hall–Kier alpha value is -1.09. The molecule has 0 amide bonds.